The molecular weight excluding hydrogens is 341 g/mol. The van der Waals surface area contributed by atoms with Crippen molar-refractivity contribution in [1.29, 1.82) is 0 Å². The summed E-state index contributed by atoms with van der Waals surface area (Å²) in [6, 6.07) is 12.9. The van der Waals surface area contributed by atoms with Crippen LogP contribution in [0.4, 0.5) is 4.39 Å². The molecule has 2 aromatic carbocycles. The lowest BCUT2D eigenvalue weighted by atomic mass is 9.79. The van der Waals surface area contributed by atoms with Crippen LogP contribution in [0.15, 0.2) is 42.5 Å². The molecule has 27 heavy (non-hydrogen) atoms. The van der Waals surface area contributed by atoms with Crippen LogP contribution in [-0.4, -0.2) is 36.9 Å². The monoisotopic (exact) mass is 367 g/mol. The molecule has 0 spiro atoms. The highest BCUT2D eigenvalue weighted by atomic mass is 19.1. The fourth-order valence-electron chi connectivity index (χ4n) is 4.85. The van der Waals surface area contributed by atoms with Crippen LogP contribution in [0.1, 0.15) is 53.1 Å². The summed E-state index contributed by atoms with van der Waals surface area (Å²) in [6.07, 6.45) is 4.76. The molecule has 4 heteroatoms. The number of benzene rings is 2. The van der Waals surface area contributed by atoms with Crippen molar-refractivity contribution in [2.75, 3.05) is 20.2 Å². The smallest absolute Gasteiger partial charge is 0.162 e. The molecule has 1 heterocycles. The first-order valence-electron chi connectivity index (χ1n) is 9.86. The van der Waals surface area contributed by atoms with E-state index < -0.39 is 0 Å². The quantitative estimate of drug-likeness (QED) is 0.699. The van der Waals surface area contributed by atoms with Crippen LogP contribution in [0.25, 0.3) is 0 Å². The molecule has 0 saturated carbocycles. The number of hydrogen-bond acceptors (Lipinski definition) is 3. The number of rotatable bonds is 6. The number of methoxy groups -OCH3 is 1. The lowest BCUT2D eigenvalue weighted by Crippen LogP contribution is -2.36. The summed E-state index contributed by atoms with van der Waals surface area (Å²) in [5.74, 6) is 1.40. The Morgan fingerprint density at radius 2 is 2.00 bits per heavy atom. The number of nitrogens with zero attached hydrogens (tertiary/aromatic N) is 1. The maximum Gasteiger partial charge on any atom is 0.162 e. The Hall–Kier alpha value is -2.20. The molecule has 0 aromatic heterocycles. The van der Waals surface area contributed by atoms with E-state index in [1.54, 1.807) is 19.2 Å². The Morgan fingerprint density at radius 3 is 2.78 bits per heavy atom. The van der Waals surface area contributed by atoms with Crippen molar-refractivity contribution in [2.45, 2.75) is 44.1 Å². The molecule has 0 bridgehead atoms. The minimum absolute atomic E-state index is 0.101. The van der Waals surface area contributed by atoms with Crippen molar-refractivity contribution in [3.05, 3.63) is 65.0 Å². The largest absolute Gasteiger partial charge is 0.496 e. The van der Waals surface area contributed by atoms with Crippen molar-refractivity contribution in [3.63, 3.8) is 0 Å². The molecule has 0 N–H and O–H groups in total. The zero-order valence-corrected chi connectivity index (χ0v) is 15.8. The molecule has 2 aliphatic rings. The van der Waals surface area contributed by atoms with E-state index in [0.717, 1.165) is 38.1 Å². The predicted molar refractivity (Wildman–Crippen MR) is 104 cm³/mol. The summed E-state index contributed by atoms with van der Waals surface area (Å²) in [5, 5.41) is 0. The first kappa shape index (κ1) is 18.2. The van der Waals surface area contributed by atoms with Gasteiger partial charge in [-0.25, -0.2) is 4.39 Å². The highest BCUT2D eigenvalue weighted by Crippen LogP contribution is 2.44. The van der Waals surface area contributed by atoms with Crippen molar-refractivity contribution in [1.82, 2.24) is 4.90 Å². The number of fused-ring (bicyclic) bond motifs is 3. The molecule has 0 radical (unpaired) electrons. The molecule has 2 aromatic rings. The Balaban J connectivity index is 1.35. The highest BCUT2D eigenvalue weighted by Gasteiger charge is 2.39. The first-order valence-corrected chi connectivity index (χ1v) is 9.86. The Morgan fingerprint density at radius 1 is 1.19 bits per heavy atom. The second kappa shape index (κ2) is 7.81. The number of likely N-dealkylation sites (tertiary alicyclic amines) is 1. The van der Waals surface area contributed by atoms with E-state index in [2.05, 4.69) is 23.1 Å². The minimum Gasteiger partial charge on any atom is -0.496 e. The summed E-state index contributed by atoms with van der Waals surface area (Å²) < 4.78 is 18.5. The van der Waals surface area contributed by atoms with Crippen LogP contribution in [0.5, 0.6) is 5.75 Å². The van der Waals surface area contributed by atoms with Crippen molar-refractivity contribution in [3.8, 4) is 5.75 Å². The first-order chi connectivity index (χ1) is 13.2. The zero-order chi connectivity index (χ0) is 18.8. The molecule has 142 valence electrons. The number of carbonyl (C=O) groups excluding carboxylic acids is 1. The molecule has 4 rings (SSSR count). The maximum atomic E-state index is 13.0. The number of halogens is 1. The lowest BCUT2D eigenvalue weighted by molar-refractivity contribution is 0.0972. The Bertz CT molecular complexity index is 818. The second-order valence-corrected chi connectivity index (χ2v) is 7.60. The fraction of sp³-hybridized carbons (Fsp3) is 0.435. The van der Waals surface area contributed by atoms with Crippen molar-refractivity contribution < 1.29 is 13.9 Å². The third-order valence-electron chi connectivity index (χ3n) is 6.15. The molecular formula is C23H26FNO2. The van der Waals surface area contributed by atoms with Crippen LogP contribution in [0.3, 0.4) is 0 Å². The number of ether oxygens (including phenoxy) is 1. The van der Waals surface area contributed by atoms with E-state index in [4.69, 9.17) is 4.74 Å². The molecule has 1 aliphatic carbocycles. The third kappa shape index (κ3) is 3.63. The molecule has 2 unspecified atom stereocenters. The number of Topliss-reactive ketones (excluding diaryl/α,β-unsaturated/α-hetero) is 1. The average molecular weight is 367 g/mol. The topological polar surface area (TPSA) is 29.5 Å². The van der Waals surface area contributed by atoms with Gasteiger partial charge in [-0.1, -0.05) is 12.1 Å². The van der Waals surface area contributed by atoms with Gasteiger partial charge in [-0.05, 0) is 80.2 Å². The van der Waals surface area contributed by atoms with Gasteiger partial charge in [-0.2, -0.15) is 0 Å². The van der Waals surface area contributed by atoms with Crippen LogP contribution < -0.4 is 4.74 Å². The van der Waals surface area contributed by atoms with Gasteiger partial charge in [0.15, 0.2) is 5.78 Å². The summed E-state index contributed by atoms with van der Waals surface area (Å²) in [6.45, 7) is 2.05. The second-order valence-electron chi connectivity index (χ2n) is 7.60. The summed E-state index contributed by atoms with van der Waals surface area (Å²) >= 11 is 0. The molecule has 1 aliphatic heterocycles. The molecule has 2 atom stereocenters. The minimum atomic E-state index is -0.302. The fourth-order valence-corrected chi connectivity index (χ4v) is 4.85. The lowest BCUT2D eigenvalue weighted by Gasteiger charge is -2.34. The SMILES string of the molecule is COc1cccc2c1CCC1C2CCN1CCCC(=O)c1ccc(F)cc1. The standard InChI is InChI=1S/C23H26FNO2/c1-27-23-6-2-4-18-19-13-15-25(21(19)12-11-20(18)23)14-3-5-22(26)16-7-9-17(24)10-8-16/h2,4,6-10,19,21H,3,5,11-15H2,1H3. The van der Waals surface area contributed by atoms with Gasteiger partial charge < -0.3 is 4.74 Å². The number of carbonyl (C=O) groups is 1. The van der Waals surface area contributed by atoms with E-state index >= 15 is 0 Å². The van der Waals surface area contributed by atoms with E-state index in [0.29, 0.717) is 23.9 Å². The van der Waals surface area contributed by atoms with E-state index in [-0.39, 0.29) is 11.6 Å². The van der Waals surface area contributed by atoms with Crippen molar-refractivity contribution >= 4 is 5.78 Å². The number of hydrogen-bond donors (Lipinski definition) is 0. The van der Waals surface area contributed by atoms with Gasteiger partial charge >= 0.3 is 0 Å². The summed E-state index contributed by atoms with van der Waals surface area (Å²) in [5.41, 5.74) is 3.44. The van der Waals surface area contributed by atoms with Crippen LogP contribution in [0.2, 0.25) is 0 Å². The molecule has 1 fully saturated rings. The highest BCUT2D eigenvalue weighted by molar-refractivity contribution is 5.95. The predicted octanol–water partition coefficient (Wildman–Crippen LogP) is 4.60. The molecule has 3 nitrogen and oxygen atoms in total. The average Bonchev–Trinajstić information content (AvgIpc) is 3.11. The van der Waals surface area contributed by atoms with Crippen LogP contribution >= 0.6 is 0 Å². The van der Waals surface area contributed by atoms with Crippen LogP contribution in [0, 0.1) is 5.82 Å². The van der Waals surface area contributed by atoms with Gasteiger partial charge in [-0.3, -0.25) is 9.69 Å². The van der Waals surface area contributed by atoms with E-state index in [1.165, 1.54) is 29.7 Å². The molecule has 0 amide bonds. The van der Waals surface area contributed by atoms with Crippen molar-refractivity contribution in [2.24, 2.45) is 0 Å². The maximum absolute atomic E-state index is 13.0. The van der Waals surface area contributed by atoms with Gasteiger partial charge in [0.25, 0.3) is 0 Å². The summed E-state index contributed by atoms with van der Waals surface area (Å²) in [7, 11) is 1.75. The zero-order valence-electron chi connectivity index (χ0n) is 15.8. The van der Waals surface area contributed by atoms with Crippen LogP contribution in [-0.2, 0) is 6.42 Å². The van der Waals surface area contributed by atoms with Gasteiger partial charge in [0.2, 0.25) is 0 Å². The normalized spacial score (nSPS) is 21.6. The molecule has 1 saturated heterocycles. The summed E-state index contributed by atoms with van der Waals surface area (Å²) in [4.78, 5) is 14.9. The van der Waals surface area contributed by atoms with Gasteiger partial charge in [0.1, 0.15) is 11.6 Å². The van der Waals surface area contributed by atoms with E-state index in [1.807, 2.05) is 0 Å². The van der Waals surface area contributed by atoms with Gasteiger partial charge in [0, 0.05) is 23.9 Å². The number of ketones is 1. The van der Waals surface area contributed by atoms with Gasteiger partial charge in [0.05, 0.1) is 7.11 Å². The Labute approximate surface area is 160 Å². The third-order valence-corrected chi connectivity index (χ3v) is 6.15. The van der Waals surface area contributed by atoms with Gasteiger partial charge in [-0.15, -0.1) is 0 Å². The Kier molecular flexibility index (Phi) is 5.26. The van der Waals surface area contributed by atoms with E-state index in [9.17, 15) is 9.18 Å².